The summed E-state index contributed by atoms with van der Waals surface area (Å²) in [7, 11) is -4.05. The summed E-state index contributed by atoms with van der Waals surface area (Å²) in [6, 6.07) is 0. The predicted octanol–water partition coefficient (Wildman–Crippen LogP) is 1.27. The van der Waals surface area contributed by atoms with Crippen molar-refractivity contribution in [3.63, 3.8) is 0 Å². The van der Waals surface area contributed by atoms with Crippen LogP contribution in [-0.2, 0) is 27.7 Å². The van der Waals surface area contributed by atoms with Crippen molar-refractivity contribution in [2.45, 2.75) is 51.7 Å². The highest BCUT2D eigenvalue weighted by atomic mass is 32.2. The fourth-order valence-electron chi connectivity index (χ4n) is 3.80. The van der Waals surface area contributed by atoms with Crippen LogP contribution in [0.4, 0.5) is 5.95 Å². The van der Waals surface area contributed by atoms with E-state index < -0.39 is 37.3 Å². The first-order valence-corrected chi connectivity index (χ1v) is 13.7. The average molecular weight is 548 g/mol. The molecule has 0 saturated carbocycles. The second-order valence-corrected chi connectivity index (χ2v) is 11.9. The Morgan fingerprint density at radius 1 is 1.44 bits per heavy atom. The highest BCUT2D eigenvalue weighted by molar-refractivity contribution is 8.13. The minimum atomic E-state index is -4.05. The lowest BCUT2D eigenvalue weighted by Gasteiger charge is -2.35. The summed E-state index contributed by atoms with van der Waals surface area (Å²) >= 11 is 0.947. The molecule has 0 amide bonds. The van der Waals surface area contributed by atoms with Gasteiger partial charge >= 0.3 is 7.82 Å². The van der Waals surface area contributed by atoms with Crippen LogP contribution in [0.3, 0.4) is 0 Å². The number of nitrogen functional groups attached to an aromatic ring is 1. The molecule has 2 aliphatic heterocycles. The normalized spacial score (nSPS) is 30.4. The van der Waals surface area contributed by atoms with E-state index in [1.165, 1.54) is 17.8 Å². The Bertz CT molecular complexity index is 1180. The van der Waals surface area contributed by atoms with E-state index in [4.69, 9.17) is 28.8 Å². The lowest BCUT2D eigenvalue weighted by molar-refractivity contribution is -0.119. The van der Waals surface area contributed by atoms with Crippen LogP contribution in [-0.4, -0.2) is 84.8 Å². The molecule has 2 fully saturated rings. The topological polar surface area (TPSA) is 190 Å². The van der Waals surface area contributed by atoms with Gasteiger partial charge in [-0.05, 0) is 27.7 Å². The van der Waals surface area contributed by atoms with Gasteiger partial charge in [-0.2, -0.15) is 9.97 Å². The number of carbonyl (C=O) groups is 1. The van der Waals surface area contributed by atoms with Crippen molar-refractivity contribution >= 4 is 41.8 Å². The van der Waals surface area contributed by atoms with E-state index in [9.17, 15) is 19.6 Å². The molecular formula is C20H30N5O9PS. The number of hydrogen-bond acceptors (Lipinski definition) is 14. The van der Waals surface area contributed by atoms with Crippen LogP contribution in [0.25, 0.3) is 11.2 Å². The number of thioether (sulfide) groups is 1. The second kappa shape index (κ2) is 10.1. The maximum atomic E-state index is 13.1. The Labute approximate surface area is 211 Å². The average Bonchev–Trinajstić information content (AvgIpc) is 3.34. The summed E-state index contributed by atoms with van der Waals surface area (Å²) in [4.78, 5) is 24.7. The van der Waals surface area contributed by atoms with Crippen LogP contribution < -0.4 is 10.5 Å². The molecule has 0 aliphatic carbocycles. The van der Waals surface area contributed by atoms with Crippen molar-refractivity contribution in [3.05, 3.63) is 6.33 Å². The fourth-order valence-corrected chi connectivity index (χ4v) is 6.20. The van der Waals surface area contributed by atoms with E-state index in [-0.39, 0.29) is 48.2 Å². The molecule has 5 unspecified atom stereocenters. The lowest BCUT2D eigenvalue weighted by Crippen LogP contribution is -2.47. The molecule has 16 heteroatoms. The fraction of sp³-hybridized carbons (Fsp3) is 0.700. The highest BCUT2D eigenvalue weighted by Gasteiger charge is 2.60. The number of nitrogens with zero attached hydrogens (tertiary/aromatic N) is 4. The molecule has 2 saturated heterocycles. The van der Waals surface area contributed by atoms with E-state index in [2.05, 4.69) is 15.0 Å². The zero-order chi connectivity index (χ0) is 26.3. The van der Waals surface area contributed by atoms with Gasteiger partial charge in [-0.15, -0.1) is 0 Å². The number of nitrogens with two attached hydrogens (primary N) is 1. The zero-order valence-electron chi connectivity index (χ0n) is 20.3. The number of hydrogen-bond donors (Lipinski definition) is 3. The van der Waals surface area contributed by atoms with Crippen molar-refractivity contribution in [3.8, 4) is 5.88 Å². The first-order chi connectivity index (χ1) is 16.9. The summed E-state index contributed by atoms with van der Waals surface area (Å²) < 4.78 is 42.4. The summed E-state index contributed by atoms with van der Waals surface area (Å²) in [5.41, 5.74) is 3.86. The molecule has 4 N–H and O–H groups in total. The molecule has 200 valence electrons. The van der Waals surface area contributed by atoms with Gasteiger partial charge in [-0.25, -0.2) is 9.55 Å². The Hall–Kier alpha value is -1.84. The van der Waals surface area contributed by atoms with E-state index in [0.29, 0.717) is 12.1 Å². The molecule has 4 rings (SSSR count). The van der Waals surface area contributed by atoms with Gasteiger partial charge in [0.2, 0.25) is 11.8 Å². The van der Waals surface area contributed by atoms with Gasteiger partial charge < -0.3 is 25.4 Å². The van der Waals surface area contributed by atoms with Crippen LogP contribution >= 0.6 is 19.6 Å². The van der Waals surface area contributed by atoms with Crippen molar-refractivity contribution in [2.24, 2.45) is 5.41 Å². The number of rotatable bonds is 9. The van der Waals surface area contributed by atoms with Crippen molar-refractivity contribution < 1.29 is 42.6 Å². The maximum Gasteiger partial charge on any atom is 0.475 e. The van der Waals surface area contributed by atoms with Gasteiger partial charge in [-0.3, -0.25) is 22.9 Å². The Kier molecular flexibility index (Phi) is 7.66. The maximum absolute atomic E-state index is 13.1. The van der Waals surface area contributed by atoms with Crippen LogP contribution in [0.1, 0.15) is 33.9 Å². The van der Waals surface area contributed by atoms with E-state index in [1.54, 1.807) is 20.8 Å². The van der Waals surface area contributed by atoms with E-state index in [0.717, 1.165) is 11.8 Å². The van der Waals surface area contributed by atoms with Crippen LogP contribution in [0.15, 0.2) is 6.33 Å². The molecule has 36 heavy (non-hydrogen) atoms. The number of aromatic nitrogens is 4. The Morgan fingerprint density at radius 2 is 2.19 bits per heavy atom. The molecular weight excluding hydrogens is 517 g/mol. The number of aliphatic hydroxyl groups is 2. The summed E-state index contributed by atoms with van der Waals surface area (Å²) in [6.45, 7) is 6.30. The summed E-state index contributed by atoms with van der Waals surface area (Å²) in [5, 5.41) is 20.5. The molecule has 14 nitrogen and oxygen atoms in total. The smallest absolute Gasteiger partial charge is 0.475 e. The number of aliphatic hydroxyl groups excluding tert-OH is 1. The molecule has 5 atom stereocenters. The number of anilines is 1. The van der Waals surface area contributed by atoms with Crippen LogP contribution in [0.5, 0.6) is 5.88 Å². The van der Waals surface area contributed by atoms with Crippen LogP contribution in [0, 0.1) is 5.41 Å². The first kappa shape index (κ1) is 27.2. The number of fused-ring (bicyclic) bond motifs is 2. The molecule has 0 radical (unpaired) electrons. The van der Waals surface area contributed by atoms with Gasteiger partial charge in [0.15, 0.2) is 22.5 Å². The van der Waals surface area contributed by atoms with Crippen molar-refractivity contribution in [1.29, 1.82) is 0 Å². The second-order valence-electron chi connectivity index (χ2n) is 9.18. The van der Waals surface area contributed by atoms with Gasteiger partial charge in [0.05, 0.1) is 38.2 Å². The SMILES string of the molecule is CCOc1nc(N)nc2c1ncn2C1OC2COP(=O)(OCCSC(=O)C(C)(C)CO)OC2C1(C)O. The van der Waals surface area contributed by atoms with Gasteiger partial charge in [0.25, 0.3) is 0 Å². The summed E-state index contributed by atoms with van der Waals surface area (Å²) in [5.74, 6) is 0.330. The number of ether oxygens (including phenoxy) is 2. The van der Waals surface area contributed by atoms with E-state index in [1.807, 2.05) is 0 Å². The molecule has 2 aliphatic rings. The largest absolute Gasteiger partial charge is 0.476 e. The third kappa shape index (κ3) is 5.11. The monoisotopic (exact) mass is 547 g/mol. The van der Waals surface area contributed by atoms with Crippen molar-refractivity contribution in [1.82, 2.24) is 19.5 Å². The Morgan fingerprint density at radius 3 is 2.89 bits per heavy atom. The number of imidazole rings is 1. The first-order valence-electron chi connectivity index (χ1n) is 11.3. The molecule has 0 spiro atoms. The van der Waals surface area contributed by atoms with E-state index >= 15 is 0 Å². The molecule has 0 aromatic carbocycles. The minimum Gasteiger partial charge on any atom is -0.476 e. The number of phosphoric ester groups is 1. The number of carbonyl (C=O) groups excluding carboxylic acids is 1. The van der Waals surface area contributed by atoms with Gasteiger partial charge in [-0.1, -0.05) is 11.8 Å². The van der Waals surface area contributed by atoms with Gasteiger partial charge in [0, 0.05) is 5.75 Å². The minimum absolute atomic E-state index is 0.0426. The van der Waals surface area contributed by atoms with Crippen LogP contribution in [0.2, 0.25) is 0 Å². The predicted molar refractivity (Wildman–Crippen MR) is 128 cm³/mol. The standard InChI is InChI=1S/C20H30N5O9PS/c1-5-30-15-12-14(23-18(21)24-15)25(10-22-12)16-20(4,28)13-11(33-16)8-32-35(29,34-13)31-6-7-36-17(27)19(2,3)9-26/h10-11,13,16,26,28H,5-9H2,1-4H3,(H2,21,23,24). The molecule has 2 aromatic rings. The third-order valence-corrected chi connectivity index (χ3v) is 8.45. The quantitative estimate of drug-likeness (QED) is 0.300. The van der Waals surface area contributed by atoms with Crippen molar-refractivity contribution in [2.75, 3.05) is 37.9 Å². The summed E-state index contributed by atoms with van der Waals surface area (Å²) in [6.07, 6.45) is -1.45. The van der Waals surface area contributed by atoms with Gasteiger partial charge in [0.1, 0.15) is 17.8 Å². The Balaban J connectivity index is 1.46. The zero-order valence-corrected chi connectivity index (χ0v) is 22.0. The lowest BCUT2D eigenvalue weighted by atomic mass is 9.96. The highest BCUT2D eigenvalue weighted by Crippen LogP contribution is 2.58. The third-order valence-electron chi connectivity index (χ3n) is 5.81. The molecule has 0 bridgehead atoms. The molecule has 4 heterocycles. The molecule has 2 aromatic heterocycles. The number of phosphoric acid groups is 1.